The van der Waals surface area contributed by atoms with Crippen LogP contribution in [0.25, 0.3) is 21.5 Å². The van der Waals surface area contributed by atoms with E-state index in [1.807, 2.05) is 80.6 Å². The topological polar surface area (TPSA) is 215 Å². The van der Waals surface area contributed by atoms with Crippen molar-refractivity contribution in [3.63, 3.8) is 0 Å². The van der Waals surface area contributed by atoms with Gasteiger partial charge >= 0.3 is 0 Å². The lowest BCUT2D eigenvalue weighted by molar-refractivity contribution is 0.282. The van der Waals surface area contributed by atoms with Crippen LogP contribution in [0.2, 0.25) is 0 Å². The first-order chi connectivity index (χ1) is 30.9. The lowest BCUT2D eigenvalue weighted by Gasteiger charge is -2.10. The third-order valence-electron chi connectivity index (χ3n) is 10.1. The summed E-state index contributed by atoms with van der Waals surface area (Å²) in [5.41, 5.74) is 7.58. The van der Waals surface area contributed by atoms with Gasteiger partial charge in [0.25, 0.3) is 10.1 Å². The minimum absolute atomic E-state index is 0.0194. The molecule has 8 rings (SSSR count). The molecule has 0 aliphatic carbocycles. The first-order valence-electron chi connectivity index (χ1n) is 19.7. The van der Waals surface area contributed by atoms with Crippen molar-refractivity contribution in [2.24, 2.45) is 40.9 Å². The van der Waals surface area contributed by atoms with Gasteiger partial charge in [0.05, 0.1) is 47.8 Å². The smallest absolute Gasteiger partial charge is 0.295 e. The Morgan fingerprint density at radius 3 is 1.77 bits per heavy atom. The van der Waals surface area contributed by atoms with E-state index in [-0.39, 0.29) is 22.9 Å². The second-order valence-electron chi connectivity index (χ2n) is 14.5. The first kappa shape index (κ1) is 42.6. The van der Waals surface area contributed by atoms with Crippen LogP contribution in [0.15, 0.2) is 191 Å². The fraction of sp³-hybridized carbons (Fsp3) is 0.0833. The summed E-state index contributed by atoms with van der Waals surface area (Å²) in [4.78, 5) is -0.198. The Morgan fingerprint density at radius 1 is 0.531 bits per heavy atom. The van der Waals surface area contributed by atoms with Crippen LogP contribution in [0.5, 0.6) is 11.5 Å². The summed E-state index contributed by atoms with van der Waals surface area (Å²) in [5.74, 6) is 0.320. The first-order valence-corrected chi connectivity index (χ1v) is 21.2. The van der Waals surface area contributed by atoms with Crippen molar-refractivity contribution in [1.82, 2.24) is 0 Å². The second-order valence-corrected chi connectivity index (χ2v) is 15.9. The largest absolute Gasteiger partial charge is 0.505 e. The molecule has 0 amide bonds. The predicted octanol–water partition coefficient (Wildman–Crippen LogP) is 14.5. The van der Waals surface area contributed by atoms with Gasteiger partial charge in [0.15, 0.2) is 5.75 Å². The van der Waals surface area contributed by atoms with E-state index in [9.17, 15) is 23.2 Å². The minimum atomic E-state index is -4.42. The third kappa shape index (κ3) is 9.69. The number of methoxy groups -OCH3 is 1. The maximum Gasteiger partial charge on any atom is 0.295 e. The van der Waals surface area contributed by atoms with Gasteiger partial charge in [-0.2, -0.15) is 39.1 Å². The molecular formula is C48H39N9O6S. The van der Waals surface area contributed by atoms with Gasteiger partial charge in [-0.05, 0) is 133 Å². The van der Waals surface area contributed by atoms with E-state index >= 15 is 0 Å². The molecule has 0 fully saturated rings. The number of hydrogen-bond donors (Lipinski definition) is 4. The Morgan fingerprint density at radius 2 is 1.12 bits per heavy atom. The number of nitrogens with one attached hydrogen (secondary N) is 1. The summed E-state index contributed by atoms with van der Waals surface area (Å²) < 4.78 is 39.0. The Hall–Kier alpha value is -8.05. The van der Waals surface area contributed by atoms with Crippen LogP contribution in [0.3, 0.4) is 0 Å². The molecular weight excluding hydrogens is 831 g/mol. The lowest BCUT2D eigenvalue weighted by Crippen LogP contribution is -1.98. The molecule has 0 aliphatic heterocycles. The number of phenolic OH excluding ortho intramolecular Hbond substituents is 1. The number of nitrogens with zero attached hydrogens (tertiary/aromatic N) is 8. The van der Waals surface area contributed by atoms with Crippen molar-refractivity contribution in [1.29, 1.82) is 0 Å². The van der Waals surface area contributed by atoms with E-state index in [1.54, 1.807) is 72.8 Å². The summed E-state index contributed by atoms with van der Waals surface area (Å²) in [6.45, 7) is 3.39. The molecule has 64 heavy (non-hydrogen) atoms. The molecule has 0 heterocycles. The SMILES string of the molecule is COc1cc(N=Nc2ccc(N=Nc3ccc(N=Nc4ccc5cccc(S(=O)(=O)O)c5c4)c(C)c3)c(C)c2)c(CO)cc1N=Nc1ccc2cc(Nc3ccccc3)ccc2c1O. The van der Waals surface area contributed by atoms with Crippen molar-refractivity contribution in [3.05, 3.63) is 162 Å². The van der Waals surface area contributed by atoms with Gasteiger partial charge < -0.3 is 20.3 Å². The number of aliphatic hydroxyl groups is 1. The molecule has 0 saturated heterocycles. The summed E-state index contributed by atoms with van der Waals surface area (Å²) in [6.07, 6.45) is 0. The van der Waals surface area contributed by atoms with E-state index in [4.69, 9.17) is 4.74 Å². The van der Waals surface area contributed by atoms with Crippen molar-refractivity contribution >= 4 is 88.5 Å². The Bertz CT molecular complexity index is 3300. The Labute approximate surface area is 367 Å². The zero-order valence-corrected chi connectivity index (χ0v) is 35.4. The standard InChI is InChI=1S/C48H39N9O6S/c1-29-22-36(16-20-42(29)54-52-38-14-12-31-8-7-11-47(40(31)26-38)64(60,61)62)50-53-41-21-17-37(23-30(41)2)51-56-44-27-46(63-3)45(25-33(44)28-58)57-55-43-19-13-32-24-35(15-18-39(32)48(43)59)49-34-9-5-4-6-10-34/h4-27,49,58-59H,28H2,1-3H3,(H,60,61,62). The van der Waals surface area contributed by atoms with Gasteiger partial charge in [-0.25, -0.2) is 0 Å². The van der Waals surface area contributed by atoms with E-state index < -0.39 is 10.1 Å². The molecule has 15 nitrogen and oxygen atoms in total. The highest BCUT2D eigenvalue weighted by Crippen LogP contribution is 2.41. The normalized spacial score (nSPS) is 12.1. The average molecular weight is 870 g/mol. The molecule has 0 aliphatic rings. The molecule has 0 atom stereocenters. The Kier molecular flexibility index (Phi) is 12.3. The molecule has 0 spiro atoms. The summed E-state index contributed by atoms with van der Waals surface area (Å²) >= 11 is 0. The fourth-order valence-corrected chi connectivity index (χ4v) is 7.51. The maximum atomic E-state index is 11.9. The quantitative estimate of drug-likeness (QED) is 0.0649. The number of hydrogen-bond acceptors (Lipinski definition) is 14. The van der Waals surface area contributed by atoms with E-state index in [0.29, 0.717) is 67.3 Å². The highest BCUT2D eigenvalue weighted by Gasteiger charge is 2.15. The van der Waals surface area contributed by atoms with E-state index in [1.165, 1.54) is 13.2 Å². The lowest BCUT2D eigenvalue weighted by atomic mass is 10.1. The molecule has 318 valence electrons. The summed E-state index contributed by atoms with van der Waals surface area (Å²) in [5, 5.41) is 62.1. The zero-order valence-electron chi connectivity index (χ0n) is 34.6. The van der Waals surface area contributed by atoms with Gasteiger partial charge in [0, 0.05) is 33.8 Å². The number of aryl methyl sites for hydroxylation is 2. The predicted molar refractivity (Wildman–Crippen MR) is 247 cm³/mol. The van der Waals surface area contributed by atoms with Gasteiger partial charge in [0.1, 0.15) is 22.0 Å². The van der Waals surface area contributed by atoms with Crippen LogP contribution >= 0.6 is 0 Å². The Balaban J connectivity index is 0.936. The summed E-state index contributed by atoms with van der Waals surface area (Å²) in [7, 11) is -2.93. The van der Waals surface area contributed by atoms with Gasteiger partial charge in [0.2, 0.25) is 0 Å². The number of ether oxygens (including phenoxy) is 1. The molecule has 0 unspecified atom stereocenters. The number of aliphatic hydroxyl groups excluding tert-OH is 1. The molecule has 0 saturated carbocycles. The summed E-state index contributed by atoms with van der Waals surface area (Å²) in [6, 6.07) is 42.5. The number of rotatable bonds is 13. The van der Waals surface area contributed by atoms with Crippen LogP contribution in [0, 0.1) is 13.8 Å². The number of para-hydroxylation sites is 1. The highest BCUT2D eigenvalue weighted by atomic mass is 32.2. The molecule has 0 radical (unpaired) electrons. The molecule has 16 heteroatoms. The molecule has 0 aromatic heterocycles. The number of benzene rings is 8. The number of phenols is 1. The molecule has 8 aromatic rings. The number of anilines is 2. The van der Waals surface area contributed by atoms with Gasteiger partial charge in [-0.15, -0.1) is 10.2 Å². The average Bonchev–Trinajstić information content (AvgIpc) is 3.29. The van der Waals surface area contributed by atoms with Gasteiger partial charge in [-0.1, -0.05) is 42.5 Å². The van der Waals surface area contributed by atoms with Crippen LogP contribution in [-0.4, -0.2) is 30.3 Å². The zero-order chi connectivity index (χ0) is 44.8. The van der Waals surface area contributed by atoms with Crippen LogP contribution in [0.1, 0.15) is 16.7 Å². The van der Waals surface area contributed by atoms with Crippen LogP contribution < -0.4 is 10.1 Å². The maximum absolute atomic E-state index is 11.9. The van der Waals surface area contributed by atoms with E-state index in [0.717, 1.165) is 27.9 Å². The van der Waals surface area contributed by atoms with Crippen LogP contribution in [0.4, 0.5) is 56.9 Å². The van der Waals surface area contributed by atoms with Crippen molar-refractivity contribution in [2.45, 2.75) is 25.3 Å². The number of azo groups is 4. The third-order valence-corrected chi connectivity index (χ3v) is 11.0. The number of fused-ring (bicyclic) bond motifs is 2. The fourth-order valence-electron chi connectivity index (χ4n) is 6.80. The number of aromatic hydroxyl groups is 1. The van der Waals surface area contributed by atoms with Crippen molar-refractivity contribution in [3.8, 4) is 11.5 Å². The van der Waals surface area contributed by atoms with E-state index in [2.05, 4.69) is 46.2 Å². The minimum Gasteiger partial charge on any atom is -0.505 e. The monoisotopic (exact) mass is 869 g/mol. The highest BCUT2D eigenvalue weighted by molar-refractivity contribution is 7.86. The molecule has 4 N–H and O–H groups in total. The van der Waals surface area contributed by atoms with Crippen LogP contribution in [-0.2, 0) is 16.7 Å². The molecule has 0 bridgehead atoms. The van der Waals surface area contributed by atoms with Crippen molar-refractivity contribution < 1.29 is 27.9 Å². The van der Waals surface area contributed by atoms with Crippen molar-refractivity contribution in [2.75, 3.05) is 12.4 Å². The van der Waals surface area contributed by atoms with Gasteiger partial charge in [-0.3, -0.25) is 4.55 Å². The second kappa shape index (κ2) is 18.5. The molecule has 8 aromatic carbocycles.